The lowest BCUT2D eigenvalue weighted by Crippen LogP contribution is -2.19. The maximum Gasteiger partial charge on any atom is 0.129 e. The molecule has 0 spiro atoms. The molecule has 2 aromatic rings. The second kappa shape index (κ2) is 7.30. The van der Waals surface area contributed by atoms with Crippen LogP contribution >= 0.6 is 0 Å². The van der Waals surface area contributed by atoms with Crippen LogP contribution < -0.4 is 9.47 Å². The smallest absolute Gasteiger partial charge is 0.129 e. The lowest BCUT2D eigenvalue weighted by molar-refractivity contribution is 0.393. The predicted molar refractivity (Wildman–Crippen MR) is 96.9 cm³/mol. The molecule has 4 nitrogen and oxygen atoms in total. The van der Waals surface area contributed by atoms with Crippen LogP contribution in [0.2, 0.25) is 0 Å². The van der Waals surface area contributed by atoms with Gasteiger partial charge in [0.1, 0.15) is 11.5 Å². The maximum atomic E-state index is 5.53. The van der Waals surface area contributed by atoms with Gasteiger partial charge in [0.2, 0.25) is 0 Å². The summed E-state index contributed by atoms with van der Waals surface area (Å²) in [6, 6.07) is 9.88. The van der Waals surface area contributed by atoms with Crippen LogP contribution in [0.4, 0.5) is 0 Å². The maximum absolute atomic E-state index is 5.53. The highest BCUT2D eigenvalue weighted by atomic mass is 16.5. The summed E-state index contributed by atoms with van der Waals surface area (Å²) in [6.07, 6.45) is 6.88. The average molecular weight is 322 g/mol. The highest BCUT2D eigenvalue weighted by Crippen LogP contribution is 2.31. The van der Waals surface area contributed by atoms with Gasteiger partial charge in [-0.1, -0.05) is 6.92 Å². The first-order valence-electron chi connectivity index (χ1n) is 8.11. The van der Waals surface area contributed by atoms with Crippen molar-refractivity contribution >= 4 is 11.8 Å². The first-order chi connectivity index (χ1) is 11.7. The van der Waals surface area contributed by atoms with Crippen molar-refractivity contribution < 1.29 is 9.47 Å². The Balaban J connectivity index is 2.06. The Labute approximate surface area is 142 Å². The zero-order valence-electron chi connectivity index (χ0n) is 14.3. The highest BCUT2D eigenvalue weighted by Gasteiger charge is 2.21. The average Bonchev–Trinajstić information content (AvgIpc) is 2.64. The Morgan fingerprint density at radius 1 is 1.17 bits per heavy atom. The molecule has 2 heterocycles. The summed E-state index contributed by atoms with van der Waals surface area (Å²) in [7, 11) is 3.33. The molecule has 4 heteroatoms. The summed E-state index contributed by atoms with van der Waals surface area (Å²) >= 11 is 0. The molecule has 1 aliphatic rings. The largest absolute Gasteiger partial charge is 0.497 e. The standard InChI is InChI=1S/C20H22N2O2/c1-14-8-10-22-20(16-5-4-9-21-13-16)18(14)11-15-6-7-17(23-2)12-19(15)24-3/h4-7,9,11-14H,8,10H2,1-3H3/t14-/m0/s1. The van der Waals surface area contributed by atoms with Crippen LogP contribution in [0, 0.1) is 5.92 Å². The lowest BCUT2D eigenvalue weighted by atomic mass is 9.86. The number of allylic oxidation sites excluding steroid dienone is 1. The van der Waals surface area contributed by atoms with Crippen molar-refractivity contribution in [3.05, 3.63) is 59.4 Å². The van der Waals surface area contributed by atoms with E-state index in [1.807, 2.05) is 30.5 Å². The third-order valence-electron chi connectivity index (χ3n) is 4.32. The van der Waals surface area contributed by atoms with Crippen molar-refractivity contribution in [2.45, 2.75) is 13.3 Å². The van der Waals surface area contributed by atoms with E-state index in [0.29, 0.717) is 5.92 Å². The Hall–Kier alpha value is -2.62. The molecule has 0 bridgehead atoms. The van der Waals surface area contributed by atoms with Gasteiger partial charge in [0.25, 0.3) is 0 Å². The second-order valence-electron chi connectivity index (χ2n) is 5.87. The molecule has 0 fully saturated rings. The third kappa shape index (κ3) is 3.32. The quantitative estimate of drug-likeness (QED) is 0.854. The minimum absolute atomic E-state index is 0.435. The molecule has 0 N–H and O–H groups in total. The van der Waals surface area contributed by atoms with Crippen molar-refractivity contribution in [1.82, 2.24) is 4.98 Å². The van der Waals surface area contributed by atoms with Crippen LogP contribution in [-0.4, -0.2) is 31.5 Å². The molecule has 0 unspecified atom stereocenters. The zero-order valence-corrected chi connectivity index (χ0v) is 14.3. The molecule has 0 saturated carbocycles. The molecule has 1 aromatic carbocycles. The van der Waals surface area contributed by atoms with Crippen molar-refractivity contribution in [3.8, 4) is 11.5 Å². The monoisotopic (exact) mass is 322 g/mol. The summed E-state index contributed by atoms with van der Waals surface area (Å²) in [5.41, 5.74) is 4.33. The van der Waals surface area contributed by atoms with E-state index in [4.69, 9.17) is 14.5 Å². The van der Waals surface area contributed by atoms with Crippen LogP contribution in [0.1, 0.15) is 24.5 Å². The number of rotatable bonds is 4. The van der Waals surface area contributed by atoms with E-state index in [1.54, 1.807) is 20.4 Å². The van der Waals surface area contributed by atoms with E-state index in [1.165, 1.54) is 5.57 Å². The van der Waals surface area contributed by atoms with Gasteiger partial charge >= 0.3 is 0 Å². The number of hydrogen-bond acceptors (Lipinski definition) is 4. The van der Waals surface area contributed by atoms with Crippen LogP contribution in [0.25, 0.3) is 6.08 Å². The van der Waals surface area contributed by atoms with Gasteiger partial charge in [0.15, 0.2) is 0 Å². The number of benzene rings is 1. The Kier molecular flexibility index (Phi) is 4.94. The van der Waals surface area contributed by atoms with Gasteiger partial charge in [-0.05, 0) is 48.3 Å². The highest BCUT2D eigenvalue weighted by molar-refractivity contribution is 6.15. The minimum atomic E-state index is 0.435. The summed E-state index contributed by atoms with van der Waals surface area (Å²) in [5.74, 6) is 2.02. The second-order valence-corrected chi connectivity index (χ2v) is 5.87. The minimum Gasteiger partial charge on any atom is -0.497 e. The molecule has 0 radical (unpaired) electrons. The van der Waals surface area contributed by atoms with Gasteiger partial charge in [0.05, 0.1) is 19.9 Å². The molecule has 24 heavy (non-hydrogen) atoms. The van der Waals surface area contributed by atoms with E-state index in [2.05, 4.69) is 24.1 Å². The van der Waals surface area contributed by atoms with Crippen molar-refractivity contribution in [1.29, 1.82) is 0 Å². The van der Waals surface area contributed by atoms with E-state index in [0.717, 1.165) is 41.3 Å². The predicted octanol–water partition coefficient (Wildman–Crippen LogP) is 4.01. The van der Waals surface area contributed by atoms with Crippen molar-refractivity contribution in [2.75, 3.05) is 20.8 Å². The topological polar surface area (TPSA) is 43.7 Å². The number of hydrogen-bond donors (Lipinski definition) is 0. The summed E-state index contributed by atoms with van der Waals surface area (Å²) in [5, 5.41) is 0. The summed E-state index contributed by atoms with van der Waals surface area (Å²) in [4.78, 5) is 8.99. The molecule has 1 atom stereocenters. The SMILES string of the molecule is COc1ccc(C=C2C(c3cccnc3)=NCC[C@@H]2C)c(OC)c1. The molecule has 0 saturated heterocycles. The van der Waals surface area contributed by atoms with E-state index in [9.17, 15) is 0 Å². The van der Waals surface area contributed by atoms with E-state index >= 15 is 0 Å². The fraction of sp³-hybridized carbons (Fsp3) is 0.300. The summed E-state index contributed by atoms with van der Waals surface area (Å²) < 4.78 is 10.8. The zero-order chi connectivity index (χ0) is 16.9. The number of nitrogens with zero attached hydrogens (tertiary/aromatic N) is 2. The van der Waals surface area contributed by atoms with E-state index in [-0.39, 0.29) is 0 Å². The Morgan fingerprint density at radius 2 is 2.04 bits per heavy atom. The first-order valence-corrected chi connectivity index (χ1v) is 8.11. The van der Waals surface area contributed by atoms with E-state index < -0.39 is 0 Å². The molecule has 124 valence electrons. The van der Waals surface area contributed by atoms with Gasteiger partial charge in [-0.2, -0.15) is 0 Å². The summed E-state index contributed by atoms with van der Waals surface area (Å²) in [6.45, 7) is 3.09. The normalized spacial score (nSPS) is 19.0. The number of aliphatic imine (C=N–C) groups is 1. The first kappa shape index (κ1) is 16.2. The van der Waals surface area contributed by atoms with Gasteiger partial charge in [-0.15, -0.1) is 0 Å². The fourth-order valence-corrected chi connectivity index (χ4v) is 2.93. The van der Waals surface area contributed by atoms with Crippen LogP contribution in [0.5, 0.6) is 11.5 Å². The third-order valence-corrected chi connectivity index (χ3v) is 4.32. The Morgan fingerprint density at radius 3 is 2.75 bits per heavy atom. The van der Waals surface area contributed by atoms with Crippen LogP contribution in [-0.2, 0) is 0 Å². The van der Waals surface area contributed by atoms with Crippen LogP contribution in [0.3, 0.4) is 0 Å². The number of ether oxygens (including phenoxy) is 2. The molecular weight excluding hydrogens is 300 g/mol. The molecular formula is C20H22N2O2. The fourth-order valence-electron chi connectivity index (χ4n) is 2.93. The van der Waals surface area contributed by atoms with Crippen molar-refractivity contribution in [2.24, 2.45) is 10.9 Å². The number of methoxy groups -OCH3 is 2. The molecule has 0 aliphatic carbocycles. The van der Waals surface area contributed by atoms with Gasteiger partial charge in [-0.25, -0.2) is 0 Å². The lowest BCUT2D eigenvalue weighted by Gasteiger charge is -2.23. The van der Waals surface area contributed by atoms with Crippen LogP contribution in [0.15, 0.2) is 53.3 Å². The number of aromatic nitrogens is 1. The van der Waals surface area contributed by atoms with Gasteiger partial charge in [-0.3, -0.25) is 9.98 Å². The van der Waals surface area contributed by atoms with Gasteiger partial charge in [0, 0.05) is 36.1 Å². The molecule has 0 amide bonds. The molecule has 1 aliphatic heterocycles. The van der Waals surface area contributed by atoms with Crippen molar-refractivity contribution in [3.63, 3.8) is 0 Å². The Bertz CT molecular complexity index is 766. The molecule has 3 rings (SSSR count). The van der Waals surface area contributed by atoms with Gasteiger partial charge < -0.3 is 9.47 Å². The number of pyridine rings is 1. The molecule has 1 aromatic heterocycles.